The number of ether oxygens (including phenoxy) is 1. The molecule has 0 aliphatic heterocycles. The molecule has 1 aromatic heterocycles. The Morgan fingerprint density at radius 3 is 2.73 bits per heavy atom. The molecule has 2 bridgehead atoms. The molecule has 0 N–H and O–H groups in total. The summed E-state index contributed by atoms with van der Waals surface area (Å²) in [5.74, 6) is 2.36. The first-order valence-corrected chi connectivity index (χ1v) is 8.57. The van der Waals surface area contributed by atoms with Crippen LogP contribution in [0.15, 0.2) is 12.4 Å². The standard InChI is InChI=1S/C18H26N2O2/c1-10-15-5-12(18(15,2)3)6-16(10)22-17(21)14-7-13(14)11-8-19-20(4)9-11/h8-10,12-16H,5-7H2,1-4H3/t10-,12+,13+,14+,15+,16+/m0/s1. The van der Waals surface area contributed by atoms with Crippen LogP contribution in [0.3, 0.4) is 0 Å². The van der Waals surface area contributed by atoms with Crippen LogP contribution in [0.1, 0.15) is 51.5 Å². The summed E-state index contributed by atoms with van der Waals surface area (Å²) in [7, 11) is 1.91. The smallest absolute Gasteiger partial charge is 0.309 e. The highest BCUT2D eigenvalue weighted by Crippen LogP contribution is 2.62. The van der Waals surface area contributed by atoms with Crippen LogP contribution in [0.25, 0.3) is 0 Å². The van der Waals surface area contributed by atoms with Crippen molar-refractivity contribution in [2.24, 2.45) is 36.1 Å². The number of carbonyl (C=O) groups is 1. The van der Waals surface area contributed by atoms with E-state index in [0.717, 1.165) is 24.7 Å². The van der Waals surface area contributed by atoms with Crippen molar-refractivity contribution < 1.29 is 9.53 Å². The summed E-state index contributed by atoms with van der Waals surface area (Å²) in [6.07, 6.45) is 7.33. The molecule has 4 saturated carbocycles. The van der Waals surface area contributed by atoms with E-state index in [9.17, 15) is 4.79 Å². The number of aromatic nitrogens is 2. The fourth-order valence-corrected chi connectivity index (χ4v) is 4.95. The fraction of sp³-hybridized carbons (Fsp3) is 0.778. The van der Waals surface area contributed by atoms with Crippen molar-refractivity contribution in [3.8, 4) is 0 Å². The van der Waals surface area contributed by atoms with E-state index in [4.69, 9.17) is 4.74 Å². The summed E-state index contributed by atoms with van der Waals surface area (Å²) < 4.78 is 7.71. The number of hydrogen-bond acceptors (Lipinski definition) is 3. The molecular weight excluding hydrogens is 276 g/mol. The molecule has 4 heteroatoms. The summed E-state index contributed by atoms with van der Waals surface area (Å²) in [5.41, 5.74) is 1.62. The van der Waals surface area contributed by atoms with Crippen LogP contribution < -0.4 is 0 Å². The number of hydrogen-bond donors (Lipinski definition) is 0. The van der Waals surface area contributed by atoms with Gasteiger partial charge >= 0.3 is 5.97 Å². The molecule has 0 unspecified atom stereocenters. The van der Waals surface area contributed by atoms with Gasteiger partial charge in [-0.2, -0.15) is 5.10 Å². The van der Waals surface area contributed by atoms with Gasteiger partial charge < -0.3 is 4.74 Å². The molecule has 4 aliphatic carbocycles. The first kappa shape index (κ1) is 14.3. The normalized spacial score (nSPS) is 41.6. The molecule has 6 atom stereocenters. The molecule has 1 heterocycles. The van der Waals surface area contributed by atoms with Gasteiger partial charge in [0.25, 0.3) is 0 Å². The molecule has 22 heavy (non-hydrogen) atoms. The highest BCUT2D eigenvalue weighted by molar-refractivity contribution is 5.77. The van der Waals surface area contributed by atoms with Gasteiger partial charge in [-0.15, -0.1) is 0 Å². The maximum Gasteiger partial charge on any atom is 0.309 e. The van der Waals surface area contributed by atoms with Crippen LogP contribution in [0, 0.1) is 29.1 Å². The number of fused-ring (bicyclic) bond motifs is 2. The number of esters is 1. The van der Waals surface area contributed by atoms with Crippen LogP contribution in [0.4, 0.5) is 0 Å². The van der Waals surface area contributed by atoms with Crippen LogP contribution in [0.5, 0.6) is 0 Å². The maximum atomic E-state index is 12.4. The van der Waals surface area contributed by atoms with Crippen LogP contribution in [-0.4, -0.2) is 21.9 Å². The lowest BCUT2D eigenvalue weighted by Crippen LogP contribution is -2.57. The van der Waals surface area contributed by atoms with Gasteiger partial charge in [0.1, 0.15) is 6.10 Å². The van der Waals surface area contributed by atoms with Gasteiger partial charge in [-0.3, -0.25) is 9.48 Å². The third kappa shape index (κ3) is 2.03. The summed E-state index contributed by atoms with van der Waals surface area (Å²) in [5, 5.41) is 4.20. The molecule has 0 saturated heterocycles. The zero-order chi connectivity index (χ0) is 15.6. The van der Waals surface area contributed by atoms with Crippen molar-refractivity contribution in [1.29, 1.82) is 0 Å². The summed E-state index contributed by atoms with van der Waals surface area (Å²) >= 11 is 0. The SMILES string of the molecule is C[C@H]1[C@H]2C[C@H](C[C@H]1OC(=O)[C@@H]1C[C@@H]1c1cnn(C)c1)C2(C)C. The summed E-state index contributed by atoms with van der Waals surface area (Å²) in [6.45, 7) is 7.02. The number of carbonyl (C=O) groups excluding carboxylic acids is 1. The van der Waals surface area contributed by atoms with E-state index in [-0.39, 0.29) is 18.0 Å². The predicted molar refractivity (Wildman–Crippen MR) is 83.1 cm³/mol. The second-order valence-corrected chi connectivity index (χ2v) is 8.33. The van der Waals surface area contributed by atoms with Crippen LogP contribution in [-0.2, 0) is 16.6 Å². The lowest BCUT2D eigenvalue weighted by Gasteiger charge is -2.61. The number of aryl methyl sites for hydroxylation is 1. The molecule has 120 valence electrons. The van der Waals surface area contributed by atoms with Gasteiger partial charge in [-0.05, 0) is 48.0 Å². The van der Waals surface area contributed by atoms with E-state index in [1.54, 1.807) is 4.68 Å². The Morgan fingerprint density at radius 2 is 2.14 bits per heavy atom. The Morgan fingerprint density at radius 1 is 1.36 bits per heavy atom. The fourth-order valence-electron chi connectivity index (χ4n) is 4.95. The minimum absolute atomic E-state index is 0.0183. The van der Waals surface area contributed by atoms with Crippen molar-refractivity contribution in [3.05, 3.63) is 18.0 Å². The Balaban J connectivity index is 1.36. The zero-order valence-corrected chi connectivity index (χ0v) is 14.0. The Bertz CT molecular complexity index is 606. The lowest BCUT2D eigenvalue weighted by molar-refractivity contribution is -0.187. The molecular formula is C18H26N2O2. The average Bonchev–Trinajstić information content (AvgIpc) is 3.15. The van der Waals surface area contributed by atoms with E-state index in [2.05, 4.69) is 25.9 Å². The molecule has 0 radical (unpaired) electrons. The third-order valence-electron chi connectivity index (χ3n) is 6.80. The Hall–Kier alpha value is -1.32. The van der Waals surface area contributed by atoms with E-state index in [0.29, 0.717) is 17.3 Å². The van der Waals surface area contributed by atoms with Crippen molar-refractivity contribution >= 4 is 5.97 Å². The van der Waals surface area contributed by atoms with E-state index in [1.165, 1.54) is 12.0 Å². The van der Waals surface area contributed by atoms with Crippen LogP contribution in [0.2, 0.25) is 0 Å². The van der Waals surface area contributed by atoms with Crippen molar-refractivity contribution in [1.82, 2.24) is 9.78 Å². The second-order valence-electron chi connectivity index (χ2n) is 8.33. The molecule has 1 aromatic rings. The van der Waals surface area contributed by atoms with Crippen molar-refractivity contribution in [2.75, 3.05) is 0 Å². The molecule has 4 aliphatic rings. The van der Waals surface area contributed by atoms with Gasteiger partial charge in [-0.1, -0.05) is 20.8 Å². The minimum atomic E-state index is 0.0183. The second kappa shape index (κ2) is 4.59. The highest BCUT2D eigenvalue weighted by Gasteiger charge is 2.58. The van der Waals surface area contributed by atoms with Gasteiger partial charge in [0.05, 0.1) is 12.1 Å². The molecule has 0 spiro atoms. The molecule has 0 aromatic carbocycles. The van der Waals surface area contributed by atoms with Gasteiger partial charge in [0, 0.05) is 19.2 Å². The summed E-state index contributed by atoms with van der Waals surface area (Å²) in [6, 6.07) is 0. The van der Waals surface area contributed by atoms with E-state index < -0.39 is 0 Å². The minimum Gasteiger partial charge on any atom is -0.462 e. The van der Waals surface area contributed by atoms with Gasteiger partial charge in [-0.25, -0.2) is 0 Å². The van der Waals surface area contributed by atoms with Crippen LogP contribution >= 0.6 is 0 Å². The van der Waals surface area contributed by atoms with Gasteiger partial charge in [0.15, 0.2) is 0 Å². The van der Waals surface area contributed by atoms with E-state index in [1.807, 2.05) is 19.4 Å². The van der Waals surface area contributed by atoms with Crippen molar-refractivity contribution in [2.45, 2.75) is 52.1 Å². The molecule has 5 rings (SSSR count). The number of nitrogens with zero attached hydrogens (tertiary/aromatic N) is 2. The molecule has 4 nitrogen and oxygen atoms in total. The van der Waals surface area contributed by atoms with Gasteiger partial charge in [0.2, 0.25) is 0 Å². The third-order valence-corrected chi connectivity index (χ3v) is 6.80. The lowest BCUT2D eigenvalue weighted by atomic mass is 9.45. The quantitative estimate of drug-likeness (QED) is 0.806. The Kier molecular flexibility index (Phi) is 2.98. The first-order chi connectivity index (χ1) is 10.4. The summed E-state index contributed by atoms with van der Waals surface area (Å²) in [4.78, 5) is 12.4. The predicted octanol–water partition coefficient (Wildman–Crippen LogP) is 3.14. The maximum absolute atomic E-state index is 12.4. The Labute approximate surface area is 132 Å². The van der Waals surface area contributed by atoms with E-state index >= 15 is 0 Å². The molecule has 4 fully saturated rings. The van der Waals surface area contributed by atoms with Crippen molar-refractivity contribution in [3.63, 3.8) is 0 Å². The zero-order valence-electron chi connectivity index (χ0n) is 14.0. The monoisotopic (exact) mass is 302 g/mol. The highest BCUT2D eigenvalue weighted by atomic mass is 16.5. The largest absolute Gasteiger partial charge is 0.462 e. The molecule has 0 amide bonds. The first-order valence-electron chi connectivity index (χ1n) is 8.57. The topological polar surface area (TPSA) is 44.1 Å². The average molecular weight is 302 g/mol. The number of rotatable bonds is 3.